The lowest BCUT2D eigenvalue weighted by molar-refractivity contribution is 0.340. The van der Waals surface area contributed by atoms with Gasteiger partial charge >= 0.3 is 0 Å². The third-order valence-electron chi connectivity index (χ3n) is 3.61. The summed E-state index contributed by atoms with van der Waals surface area (Å²) in [5, 5.41) is 0. The summed E-state index contributed by atoms with van der Waals surface area (Å²) in [6, 6.07) is 20.7. The Hall–Kier alpha value is -2.61. The van der Waals surface area contributed by atoms with Crippen LogP contribution in [0.25, 0.3) is 22.4 Å². The highest BCUT2D eigenvalue weighted by Crippen LogP contribution is 2.24. The molecule has 22 heavy (non-hydrogen) atoms. The zero-order valence-corrected chi connectivity index (χ0v) is 12.9. The normalized spacial score (nSPS) is 10.5. The van der Waals surface area contributed by atoms with Gasteiger partial charge in [-0.1, -0.05) is 35.9 Å². The summed E-state index contributed by atoms with van der Waals surface area (Å²) < 4.78 is 5.46. The molecule has 1 aromatic heterocycles. The fourth-order valence-corrected chi connectivity index (χ4v) is 2.37. The van der Waals surface area contributed by atoms with Gasteiger partial charge in [0.05, 0.1) is 12.3 Å². The van der Waals surface area contributed by atoms with Crippen molar-refractivity contribution in [1.82, 2.24) is 4.98 Å². The molecule has 0 saturated heterocycles. The fraction of sp³-hybridized carbons (Fsp3) is 0.150. The Morgan fingerprint density at radius 1 is 0.773 bits per heavy atom. The van der Waals surface area contributed by atoms with Gasteiger partial charge in [0.1, 0.15) is 5.75 Å². The molecule has 1 heterocycles. The van der Waals surface area contributed by atoms with Crippen LogP contribution in [-0.2, 0) is 0 Å². The van der Waals surface area contributed by atoms with Crippen LogP contribution in [0.1, 0.15) is 12.5 Å². The summed E-state index contributed by atoms with van der Waals surface area (Å²) in [5.41, 5.74) is 5.66. The first-order valence-electron chi connectivity index (χ1n) is 7.52. The first-order valence-corrected chi connectivity index (χ1v) is 7.52. The van der Waals surface area contributed by atoms with E-state index in [0.29, 0.717) is 6.61 Å². The van der Waals surface area contributed by atoms with Crippen LogP contribution in [0.3, 0.4) is 0 Å². The van der Waals surface area contributed by atoms with Crippen LogP contribution < -0.4 is 4.74 Å². The van der Waals surface area contributed by atoms with Crippen LogP contribution in [0, 0.1) is 6.92 Å². The van der Waals surface area contributed by atoms with Gasteiger partial charge in [-0.25, -0.2) is 0 Å². The van der Waals surface area contributed by atoms with E-state index in [9.17, 15) is 0 Å². The van der Waals surface area contributed by atoms with Crippen molar-refractivity contribution in [1.29, 1.82) is 0 Å². The Bertz CT molecular complexity index is 728. The minimum Gasteiger partial charge on any atom is -0.494 e. The summed E-state index contributed by atoms with van der Waals surface area (Å²) in [7, 11) is 0. The van der Waals surface area contributed by atoms with Crippen LogP contribution in [0.4, 0.5) is 0 Å². The molecule has 0 amide bonds. The summed E-state index contributed by atoms with van der Waals surface area (Å²) in [4.78, 5) is 4.58. The molecule has 3 aromatic rings. The van der Waals surface area contributed by atoms with Gasteiger partial charge in [0.25, 0.3) is 0 Å². The summed E-state index contributed by atoms with van der Waals surface area (Å²) in [6.07, 6.45) is 1.93. The molecule has 2 nitrogen and oxygen atoms in total. The van der Waals surface area contributed by atoms with Gasteiger partial charge in [0, 0.05) is 17.3 Å². The molecular weight excluding hydrogens is 270 g/mol. The van der Waals surface area contributed by atoms with E-state index in [0.717, 1.165) is 22.6 Å². The van der Waals surface area contributed by atoms with Crippen molar-refractivity contribution in [3.8, 4) is 28.1 Å². The molecule has 0 atom stereocenters. The Morgan fingerprint density at radius 3 is 2.00 bits per heavy atom. The van der Waals surface area contributed by atoms with E-state index in [2.05, 4.69) is 48.3 Å². The average Bonchev–Trinajstić information content (AvgIpc) is 2.57. The number of pyridine rings is 1. The zero-order chi connectivity index (χ0) is 15.4. The van der Waals surface area contributed by atoms with E-state index in [4.69, 9.17) is 4.74 Å². The van der Waals surface area contributed by atoms with Gasteiger partial charge in [-0.2, -0.15) is 0 Å². The van der Waals surface area contributed by atoms with Gasteiger partial charge in [0.15, 0.2) is 0 Å². The molecule has 0 N–H and O–H groups in total. The summed E-state index contributed by atoms with van der Waals surface area (Å²) in [5.74, 6) is 0.891. The second kappa shape index (κ2) is 6.44. The maximum atomic E-state index is 5.46. The van der Waals surface area contributed by atoms with Gasteiger partial charge in [-0.3, -0.25) is 4.98 Å². The average molecular weight is 289 g/mol. The van der Waals surface area contributed by atoms with Crippen molar-refractivity contribution in [2.75, 3.05) is 6.61 Å². The molecule has 0 fully saturated rings. The van der Waals surface area contributed by atoms with Crippen molar-refractivity contribution in [2.24, 2.45) is 0 Å². The molecule has 0 saturated carbocycles. The van der Waals surface area contributed by atoms with Gasteiger partial charge in [-0.05, 0) is 49.7 Å². The highest BCUT2D eigenvalue weighted by molar-refractivity contribution is 5.67. The number of benzene rings is 2. The van der Waals surface area contributed by atoms with Crippen molar-refractivity contribution in [3.63, 3.8) is 0 Å². The quantitative estimate of drug-likeness (QED) is 0.665. The van der Waals surface area contributed by atoms with Crippen molar-refractivity contribution < 1.29 is 4.74 Å². The van der Waals surface area contributed by atoms with Crippen molar-refractivity contribution in [2.45, 2.75) is 13.8 Å². The second-order valence-electron chi connectivity index (χ2n) is 5.26. The number of rotatable bonds is 4. The summed E-state index contributed by atoms with van der Waals surface area (Å²) >= 11 is 0. The molecular formula is C20H19NO. The van der Waals surface area contributed by atoms with Crippen LogP contribution in [0.5, 0.6) is 5.75 Å². The van der Waals surface area contributed by atoms with Gasteiger partial charge < -0.3 is 4.74 Å². The highest BCUT2D eigenvalue weighted by Gasteiger charge is 2.02. The predicted octanol–water partition coefficient (Wildman–Crippen LogP) is 5.12. The maximum Gasteiger partial charge on any atom is 0.119 e. The number of hydrogen-bond donors (Lipinski definition) is 0. The Labute approximate surface area is 131 Å². The van der Waals surface area contributed by atoms with Gasteiger partial charge in [-0.15, -0.1) is 0 Å². The number of aryl methyl sites for hydroxylation is 1. The van der Waals surface area contributed by atoms with E-state index in [-0.39, 0.29) is 0 Å². The largest absolute Gasteiger partial charge is 0.494 e. The Balaban J connectivity index is 1.83. The van der Waals surface area contributed by atoms with E-state index < -0.39 is 0 Å². The summed E-state index contributed by atoms with van der Waals surface area (Å²) in [6.45, 7) is 4.76. The van der Waals surface area contributed by atoms with Crippen LogP contribution in [0.2, 0.25) is 0 Å². The lowest BCUT2D eigenvalue weighted by Gasteiger charge is -2.06. The topological polar surface area (TPSA) is 22.1 Å². The standard InChI is InChI=1S/C20H19NO/c1-3-22-19-11-8-17(9-12-19)20-13-10-18(14-21-20)16-6-4-15(2)5-7-16/h4-14H,3H2,1-2H3. The smallest absolute Gasteiger partial charge is 0.119 e. The number of hydrogen-bond acceptors (Lipinski definition) is 2. The number of ether oxygens (including phenoxy) is 1. The van der Waals surface area contributed by atoms with E-state index in [1.54, 1.807) is 0 Å². The Morgan fingerprint density at radius 2 is 1.41 bits per heavy atom. The molecule has 2 heteroatoms. The monoisotopic (exact) mass is 289 g/mol. The van der Waals surface area contributed by atoms with Gasteiger partial charge in [0.2, 0.25) is 0 Å². The predicted molar refractivity (Wildman–Crippen MR) is 91.0 cm³/mol. The van der Waals surface area contributed by atoms with Crippen LogP contribution in [-0.4, -0.2) is 11.6 Å². The minimum absolute atomic E-state index is 0.683. The maximum absolute atomic E-state index is 5.46. The van der Waals surface area contributed by atoms with E-state index >= 15 is 0 Å². The molecule has 0 aliphatic carbocycles. The van der Waals surface area contributed by atoms with Crippen LogP contribution in [0.15, 0.2) is 66.9 Å². The number of nitrogens with zero attached hydrogens (tertiary/aromatic N) is 1. The first-order chi connectivity index (χ1) is 10.8. The first kappa shape index (κ1) is 14.3. The fourth-order valence-electron chi connectivity index (χ4n) is 2.37. The van der Waals surface area contributed by atoms with E-state index in [1.165, 1.54) is 11.1 Å². The molecule has 2 aromatic carbocycles. The molecule has 0 spiro atoms. The minimum atomic E-state index is 0.683. The SMILES string of the molecule is CCOc1ccc(-c2ccc(-c3ccc(C)cc3)cn2)cc1. The molecule has 0 aliphatic rings. The Kier molecular flexibility index (Phi) is 4.19. The zero-order valence-electron chi connectivity index (χ0n) is 12.9. The highest BCUT2D eigenvalue weighted by atomic mass is 16.5. The third-order valence-corrected chi connectivity index (χ3v) is 3.61. The second-order valence-corrected chi connectivity index (χ2v) is 5.26. The van der Waals surface area contributed by atoms with Crippen LogP contribution >= 0.6 is 0 Å². The molecule has 0 unspecified atom stereocenters. The van der Waals surface area contributed by atoms with Crippen molar-refractivity contribution in [3.05, 3.63) is 72.4 Å². The third kappa shape index (κ3) is 3.17. The number of aromatic nitrogens is 1. The molecule has 0 bridgehead atoms. The lowest BCUT2D eigenvalue weighted by Crippen LogP contribution is -1.91. The molecule has 0 radical (unpaired) electrons. The van der Waals surface area contributed by atoms with E-state index in [1.807, 2.05) is 37.4 Å². The molecule has 110 valence electrons. The van der Waals surface area contributed by atoms with Crippen molar-refractivity contribution >= 4 is 0 Å². The lowest BCUT2D eigenvalue weighted by atomic mass is 10.0. The molecule has 0 aliphatic heterocycles. The molecule has 3 rings (SSSR count).